The van der Waals surface area contributed by atoms with Crippen LogP contribution in [0.2, 0.25) is 0 Å². The maximum absolute atomic E-state index is 13.3. The summed E-state index contributed by atoms with van der Waals surface area (Å²) in [6, 6.07) is 8.53. The molecule has 3 N–H and O–H groups in total. The number of nitrogens with one attached hydrogen (secondary N) is 2. The molecular formula is C28H31N3O4. The first-order valence-electron chi connectivity index (χ1n) is 12.7. The van der Waals surface area contributed by atoms with Crippen LogP contribution in [0.15, 0.2) is 41.0 Å². The van der Waals surface area contributed by atoms with Gasteiger partial charge in [-0.3, -0.25) is 4.79 Å². The molecule has 7 nitrogen and oxygen atoms in total. The van der Waals surface area contributed by atoms with Crippen molar-refractivity contribution in [2.75, 3.05) is 5.32 Å². The number of aromatic nitrogens is 2. The summed E-state index contributed by atoms with van der Waals surface area (Å²) in [6.07, 6.45) is 11.6. The van der Waals surface area contributed by atoms with Crippen LogP contribution in [-0.2, 0) is 6.42 Å². The first kappa shape index (κ1) is 22.1. The van der Waals surface area contributed by atoms with Crippen molar-refractivity contribution in [1.82, 2.24) is 9.97 Å². The van der Waals surface area contributed by atoms with Gasteiger partial charge in [0, 0.05) is 11.4 Å². The van der Waals surface area contributed by atoms with Gasteiger partial charge in [0.05, 0.1) is 11.8 Å². The highest BCUT2D eigenvalue weighted by Gasteiger charge is 2.50. The van der Waals surface area contributed by atoms with Crippen LogP contribution in [0.4, 0.5) is 5.69 Å². The largest absolute Gasteiger partial charge is 0.478 e. The standard InChI is InChI=1S/C28H31N3O4/c1-16-4-5-20(12-21(16)27(33)34)29-26(32)24-22(30-25(31-24)23-3-2-8-35-23)6-7-28-13-17-9-18(14-28)11-19(10-17)15-28/h2-5,8,12,17-19H,6-7,9-11,13-15H2,1H3,(H,29,32)(H,30,31)(H,33,34). The van der Waals surface area contributed by atoms with Crippen LogP contribution in [0.1, 0.15) is 77.0 Å². The van der Waals surface area contributed by atoms with Crippen LogP contribution in [-0.4, -0.2) is 27.0 Å². The molecule has 4 bridgehead atoms. The number of carboxylic acid groups (broad SMARTS) is 1. The second-order valence-electron chi connectivity index (χ2n) is 11.1. The van der Waals surface area contributed by atoms with Gasteiger partial charge in [0.25, 0.3) is 5.91 Å². The SMILES string of the molecule is Cc1ccc(NC(=O)c2nc(-c3ccco3)[nH]c2CCC23CC4CC(CC(C4)C2)C3)cc1C(=O)O. The number of hydrogen-bond donors (Lipinski definition) is 3. The van der Waals surface area contributed by atoms with E-state index in [0.717, 1.165) is 36.3 Å². The molecule has 0 spiro atoms. The third-order valence-corrected chi connectivity index (χ3v) is 8.54. The van der Waals surface area contributed by atoms with E-state index < -0.39 is 5.97 Å². The molecule has 4 fully saturated rings. The number of amides is 1. The molecule has 7 heteroatoms. The van der Waals surface area contributed by atoms with Gasteiger partial charge in [-0.1, -0.05) is 6.07 Å². The van der Waals surface area contributed by atoms with Crippen molar-refractivity contribution in [1.29, 1.82) is 0 Å². The molecule has 2 heterocycles. The minimum absolute atomic E-state index is 0.170. The molecule has 1 amide bonds. The summed E-state index contributed by atoms with van der Waals surface area (Å²) >= 11 is 0. The number of imidazole rings is 1. The monoisotopic (exact) mass is 473 g/mol. The lowest BCUT2D eigenvalue weighted by molar-refractivity contribution is -0.0570. The van der Waals surface area contributed by atoms with E-state index in [1.165, 1.54) is 44.6 Å². The Kier molecular flexibility index (Phi) is 5.31. The lowest BCUT2D eigenvalue weighted by Gasteiger charge is -2.57. The van der Waals surface area contributed by atoms with Gasteiger partial charge in [-0.2, -0.15) is 0 Å². The maximum atomic E-state index is 13.3. The molecule has 0 radical (unpaired) electrons. The number of hydrogen-bond acceptors (Lipinski definition) is 4. The minimum atomic E-state index is -1.02. The Morgan fingerprint density at radius 2 is 1.86 bits per heavy atom. The van der Waals surface area contributed by atoms with Crippen molar-refractivity contribution >= 4 is 17.6 Å². The minimum Gasteiger partial charge on any atom is -0.478 e. The summed E-state index contributed by atoms with van der Waals surface area (Å²) in [7, 11) is 0. The molecule has 182 valence electrons. The van der Waals surface area contributed by atoms with Crippen molar-refractivity contribution < 1.29 is 19.1 Å². The number of benzene rings is 1. The van der Waals surface area contributed by atoms with Crippen LogP contribution in [0.5, 0.6) is 0 Å². The maximum Gasteiger partial charge on any atom is 0.336 e. The first-order valence-corrected chi connectivity index (χ1v) is 12.7. The van der Waals surface area contributed by atoms with E-state index >= 15 is 0 Å². The van der Waals surface area contributed by atoms with E-state index in [9.17, 15) is 14.7 Å². The Morgan fingerprint density at radius 3 is 2.49 bits per heavy atom. The summed E-state index contributed by atoms with van der Waals surface area (Å²) in [4.78, 5) is 32.8. The van der Waals surface area contributed by atoms with Gasteiger partial charge in [-0.25, -0.2) is 9.78 Å². The van der Waals surface area contributed by atoms with E-state index in [2.05, 4.69) is 15.3 Å². The summed E-state index contributed by atoms with van der Waals surface area (Å²) in [5.74, 6) is 2.41. The third-order valence-electron chi connectivity index (χ3n) is 8.54. The number of furan rings is 1. The molecule has 7 rings (SSSR count). The van der Waals surface area contributed by atoms with Gasteiger partial charge in [0.2, 0.25) is 0 Å². The van der Waals surface area contributed by atoms with Gasteiger partial charge in [-0.15, -0.1) is 0 Å². The van der Waals surface area contributed by atoms with Crippen LogP contribution < -0.4 is 5.32 Å². The summed E-state index contributed by atoms with van der Waals surface area (Å²) in [6.45, 7) is 1.74. The number of carbonyl (C=O) groups excluding carboxylic acids is 1. The number of anilines is 1. The van der Waals surface area contributed by atoms with Gasteiger partial charge in [0.15, 0.2) is 11.6 Å². The lowest BCUT2D eigenvalue weighted by atomic mass is 9.48. The molecule has 1 aromatic carbocycles. The number of H-pyrrole nitrogens is 1. The highest BCUT2D eigenvalue weighted by Crippen LogP contribution is 2.61. The van der Waals surface area contributed by atoms with Crippen molar-refractivity contribution in [3.05, 3.63) is 59.1 Å². The van der Waals surface area contributed by atoms with Crippen molar-refractivity contribution in [2.24, 2.45) is 23.2 Å². The summed E-state index contributed by atoms with van der Waals surface area (Å²) < 4.78 is 5.53. The molecule has 4 aliphatic rings. The second kappa shape index (κ2) is 8.40. The zero-order valence-electron chi connectivity index (χ0n) is 20.0. The van der Waals surface area contributed by atoms with Crippen molar-refractivity contribution in [2.45, 2.75) is 58.3 Å². The lowest BCUT2D eigenvalue weighted by Crippen LogP contribution is -2.46. The normalized spacial score (nSPS) is 26.7. The number of aryl methyl sites for hydroxylation is 2. The van der Waals surface area contributed by atoms with Gasteiger partial charge < -0.3 is 19.8 Å². The number of nitrogens with zero attached hydrogens (tertiary/aromatic N) is 1. The predicted molar refractivity (Wildman–Crippen MR) is 131 cm³/mol. The fraction of sp³-hybridized carbons (Fsp3) is 0.464. The molecule has 3 aromatic rings. The Morgan fingerprint density at radius 1 is 1.14 bits per heavy atom. The van der Waals surface area contributed by atoms with Crippen LogP contribution >= 0.6 is 0 Å². The average molecular weight is 474 g/mol. The van der Waals surface area contributed by atoms with E-state index in [0.29, 0.717) is 33.9 Å². The molecular weight excluding hydrogens is 442 g/mol. The number of carbonyl (C=O) groups is 2. The fourth-order valence-electron chi connectivity index (χ4n) is 7.41. The molecule has 0 atom stereocenters. The Hall–Kier alpha value is -3.35. The van der Waals surface area contributed by atoms with Crippen LogP contribution in [0.3, 0.4) is 0 Å². The van der Waals surface area contributed by atoms with Gasteiger partial charge in [0.1, 0.15) is 5.69 Å². The van der Waals surface area contributed by atoms with Crippen LogP contribution in [0, 0.1) is 30.1 Å². The van der Waals surface area contributed by atoms with E-state index in [4.69, 9.17) is 4.42 Å². The highest BCUT2D eigenvalue weighted by atomic mass is 16.4. The smallest absolute Gasteiger partial charge is 0.336 e. The predicted octanol–water partition coefficient (Wildman–Crippen LogP) is 6.08. The van der Waals surface area contributed by atoms with Crippen LogP contribution in [0.25, 0.3) is 11.6 Å². The molecule has 35 heavy (non-hydrogen) atoms. The van der Waals surface area contributed by atoms with E-state index in [-0.39, 0.29) is 11.5 Å². The number of carboxylic acids is 1. The molecule has 4 saturated carbocycles. The van der Waals surface area contributed by atoms with Crippen molar-refractivity contribution in [3.63, 3.8) is 0 Å². The van der Waals surface area contributed by atoms with E-state index in [1.54, 1.807) is 31.4 Å². The molecule has 0 saturated heterocycles. The van der Waals surface area contributed by atoms with Gasteiger partial charge >= 0.3 is 5.97 Å². The Labute approximate surface area is 204 Å². The Bertz CT molecular complexity index is 1240. The van der Waals surface area contributed by atoms with E-state index in [1.807, 2.05) is 6.07 Å². The molecule has 4 aliphatic carbocycles. The molecule has 2 aromatic heterocycles. The average Bonchev–Trinajstić information content (AvgIpc) is 3.48. The summed E-state index contributed by atoms with van der Waals surface area (Å²) in [5, 5.41) is 12.3. The topological polar surface area (TPSA) is 108 Å². The molecule has 0 aliphatic heterocycles. The zero-order valence-corrected chi connectivity index (χ0v) is 20.0. The summed E-state index contributed by atoms with van der Waals surface area (Å²) in [5.41, 5.74) is 2.81. The van der Waals surface area contributed by atoms with Crippen molar-refractivity contribution in [3.8, 4) is 11.6 Å². The van der Waals surface area contributed by atoms with Gasteiger partial charge in [-0.05, 0) is 111 Å². The number of aromatic amines is 1. The zero-order chi connectivity index (χ0) is 24.2. The molecule has 0 unspecified atom stereocenters. The quantitative estimate of drug-likeness (QED) is 0.385. The fourth-order valence-corrected chi connectivity index (χ4v) is 7.41. The number of rotatable bonds is 7. The first-order chi connectivity index (χ1) is 16.9. The third kappa shape index (κ3) is 4.17. The Balaban J connectivity index is 1.26. The second-order valence-corrected chi connectivity index (χ2v) is 11.1. The highest BCUT2D eigenvalue weighted by molar-refractivity contribution is 6.04. The number of aromatic carboxylic acids is 1.